The van der Waals surface area contributed by atoms with Gasteiger partial charge in [-0.15, -0.1) is 0 Å². The number of benzene rings is 3. The molecule has 7 heteroatoms. The highest BCUT2D eigenvalue weighted by atomic mass is 16.5. The van der Waals surface area contributed by atoms with E-state index in [2.05, 4.69) is 28.1 Å². The lowest BCUT2D eigenvalue weighted by Crippen LogP contribution is -2.37. The molecule has 7 nitrogen and oxygen atoms in total. The van der Waals surface area contributed by atoms with E-state index in [1.807, 2.05) is 77.8 Å². The van der Waals surface area contributed by atoms with Crippen LogP contribution < -0.4 is 10.1 Å². The van der Waals surface area contributed by atoms with Gasteiger partial charge < -0.3 is 24.3 Å². The highest BCUT2D eigenvalue weighted by Gasteiger charge is 2.33. The van der Waals surface area contributed by atoms with Gasteiger partial charge in [0.2, 0.25) is 0 Å². The van der Waals surface area contributed by atoms with Crippen LogP contribution in [0.1, 0.15) is 35.3 Å². The molecule has 1 aromatic heterocycles. The van der Waals surface area contributed by atoms with E-state index >= 15 is 0 Å². The Labute approximate surface area is 216 Å². The van der Waals surface area contributed by atoms with Gasteiger partial charge in [-0.3, -0.25) is 4.79 Å². The molecule has 1 N–H and O–H groups in total. The molecule has 0 saturated carbocycles. The number of carbonyl (C=O) groups excluding carboxylic acids is 2. The summed E-state index contributed by atoms with van der Waals surface area (Å²) in [4.78, 5) is 27.5. The van der Waals surface area contributed by atoms with Gasteiger partial charge in [-0.05, 0) is 66.1 Å². The third-order valence-electron chi connectivity index (χ3n) is 6.52. The van der Waals surface area contributed by atoms with Crippen molar-refractivity contribution in [3.05, 3.63) is 114 Å². The number of methoxy groups -OCH3 is 1. The maximum atomic E-state index is 13.8. The SMILES string of the molecule is CCOC(=O)Cc1ccc(NC(=O)N2Cc3ccccc3-n3cccc3[C@@H]2c2ccc(OC)cc2)cc1. The number of esters is 1. The number of para-hydroxylation sites is 1. The number of hydrogen-bond acceptors (Lipinski definition) is 4. The van der Waals surface area contributed by atoms with Crippen LogP contribution in [0.15, 0.2) is 91.1 Å². The number of ether oxygens (including phenoxy) is 2. The van der Waals surface area contributed by atoms with Crippen molar-refractivity contribution >= 4 is 17.7 Å². The summed E-state index contributed by atoms with van der Waals surface area (Å²) in [6.45, 7) is 2.57. The van der Waals surface area contributed by atoms with Crippen LogP contribution >= 0.6 is 0 Å². The minimum atomic E-state index is -0.323. The van der Waals surface area contributed by atoms with Crippen molar-refractivity contribution in [2.45, 2.75) is 25.9 Å². The average molecular weight is 496 g/mol. The fourth-order valence-corrected chi connectivity index (χ4v) is 4.76. The Hall–Kier alpha value is -4.52. The van der Waals surface area contributed by atoms with Crippen molar-refractivity contribution < 1.29 is 19.1 Å². The third-order valence-corrected chi connectivity index (χ3v) is 6.52. The first kappa shape index (κ1) is 24.2. The first-order valence-electron chi connectivity index (χ1n) is 12.3. The molecule has 3 aromatic carbocycles. The van der Waals surface area contributed by atoms with Gasteiger partial charge in [-0.2, -0.15) is 0 Å². The molecular formula is C30H29N3O4. The van der Waals surface area contributed by atoms with E-state index in [-0.39, 0.29) is 24.5 Å². The number of urea groups is 1. The van der Waals surface area contributed by atoms with Crippen LogP contribution in [0.25, 0.3) is 5.69 Å². The first-order valence-corrected chi connectivity index (χ1v) is 12.3. The van der Waals surface area contributed by atoms with Crippen molar-refractivity contribution in [1.82, 2.24) is 9.47 Å². The number of nitrogens with one attached hydrogen (secondary N) is 1. The molecule has 1 aliphatic heterocycles. The summed E-state index contributed by atoms with van der Waals surface area (Å²) in [7, 11) is 1.64. The van der Waals surface area contributed by atoms with Crippen molar-refractivity contribution in [2.75, 3.05) is 19.0 Å². The minimum Gasteiger partial charge on any atom is -0.497 e. The van der Waals surface area contributed by atoms with Gasteiger partial charge in [0, 0.05) is 17.6 Å². The van der Waals surface area contributed by atoms with Crippen LogP contribution in [0.3, 0.4) is 0 Å². The Morgan fingerprint density at radius 2 is 1.70 bits per heavy atom. The highest BCUT2D eigenvalue weighted by Crippen LogP contribution is 2.37. The molecule has 188 valence electrons. The summed E-state index contributed by atoms with van der Waals surface area (Å²) in [6.07, 6.45) is 2.23. The number of rotatable bonds is 6. The van der Waals surface area contributed by atoms with Gasteiger partial charge in [0.1, 0.15) is 5.75 Å². The van der Waals surface area contributed by atoms with E-state index in [1.165, 1.54) is 0 Å². The van der Waals surface area contributed by atoms with E-state index in [0.29, 0.717) is 18.8 Å². The predicted molar refractivity (Wildman–Crippen MR) is 142 cm³/mol. The molecule has 0 radical (unpaired) electrons. The number of fused-ring (bicyclic) bond motifs is 3. The summed E-state index contributed by atoms with van der Waals surface area (Å²) in [6, 6.07) is 26.8. The third kappa shape index (κ3) is 5.07. The molecule has 4 aromatic rings. The van der Waals surface area contributed by atoms with Crippen LogP contribution in [-0.4, -0.2) is 35.2 Å². The number of carbonyl (C=O) groups is 2. The van der Waals surface area contributed by atoms with Gasteiger partial charge in [-0.1, -0.05) is 42.5 Å². The average Bonchev–Trinajstić information content (AvgIpc) is 3.34. The van der Waals surface area contributed by atoms with Crippen molar-refractivity contribution in [2.24, 2.45) is 0 Å². The lowest BCUT2D eigenvalue weighted by molar-refractivity contribution is -0.142. The van der Waals surface area contributed by atoms with Crippen LogP contribution in [0.2, 0.25) is 0 Å². The van der Waals surface area contributed by atoms with Crippen molar-refractivity contribution in [1.29, 1.82) is 0 Å². The summed E-state index contributed by atoms with van der Waals surface area (Å²) in [5.74, 6) is 0.489. The van der Waals surface area contributed by atoms with Crippen LogP contribution in [-0.2, 0) is 22.5 Å². The Balaban J connectivity index is 1.48. The number of aromatic nitrogens is 1. The molecule has 0 saturated heterocycles. The summed E-state index contributed by atoms with van der Waals surface area (Å²) in [5, 5.41) is 3.06. The second kappa shape index (κ2) is 10.6. The lowest BCUT2D eigenvalue weighted by Gasteiger charge is -2.31. The van der Waals surface area contributed by atoms with Crippen LogP contribution in [0.4, 0.5) is 10.5 Å². The molecule has 1 atom stereocenters. The normalized spacial score (nSPS) is 14.2. The molecule has 0 unspecified atom stereocenters. The summed E-state index contributed by atoms with van der Waals surface area (Å²) < 4.78 is 12.5. The van der Waals surface area contributed by atoms with E-state index in [1.54, 1.807) is 14.0 Å². The van der Waals surface area contributed by atoms with Crippen molar-refractivity contribution in [3.8, 4) is 11.4 Å². The molecule has 0 fully saturated rings. The molecule has 2 amide bonds. The smallest absolute Gasteiger partial charge is 0.322 e. The molecule has 5 rings (SSSR count). The topological polar surface area (TPSA) is 72.8 Å². The number of hydrogen-bond donors (Lipinski definition) is 1. The Morgan fingerprint density at radius 3 is 2.43 bits per heavy atom. The van der Waals surface area contributed by atoms with E-state index in [9.17, 15) is 9.59 Å². The fraction of sp³-hybridized carbons (Fsp3) is 0.200. The standard InChI is InChI=1S/C30H29N3O4/c1-3-37-28(34)19-21-10-14-24(15-11-21)31-30(35)33-20-23-7-4-5-8-26(23)32-18-6-9-27(32)29(33)22-12-16-25(36-2)17-13-22/h4-18,29H,3,19-20H2,1-2H3,(H,31,35)/t29-/m0/s1. The number of anilines is 1. The molecule has 2 heterocycles. The minimum absolute atomic E-state index is 0.196. The van der Waals surface area contributed by atoms with Crippen molar-refractivity contribution in [3.63, 3.8) is 0 Å². The highest BCUT2D eigenvalue weighted by molar-refractivity contribution is 5.90. The van der Waals surface area contributed by atoms with Gasteiger partial charge >= 0.3 is 12.0 Å². The first-order chi connectivity index (χ1) is 18.1. The van der Waals surface area contributed by atoms with Gasteiger partial charge in [0.25, 0.3) is 0 Å². The second-order valence-electron chi connectivity index (χ2n) is 8.84. The lowest BCUT2D eigenvalue weighted by atomic mass is 10.0. The molecule has 0 aliphatic carbocycles. The Kier molecular flexibility index (Phi) is 6.94. The van der Waals surface area contributed by atoms with Crippen LogP contribution in [0, 0.1) is 0 Å². The largest absolute Gasteiger partial charge is 0.497 e. The predicted octanol–water partition coefficient (Wildman–Crippen LogP) is 5.73. The van der Waals surface area contributed by atoms with Gasteiger partial charge in [0.05, 0.1) is 38.4 Å². The van der Waals surface area contributed by atoms with E-state index in [4.69, 9.17) is 9.47 Å². The zero-order chi connectivity index (χ0) is 25.8. The summed E-state index contributed by atoms with van der Waals surface area (Å²) >= 11 is 0. The van der Waals surface area contributed by atoms with Gasteiger partial charge in [-0.25, -0.2) is 4.79 Å². The molecule has 1 aliphatic rings. The number of nitrogens with zero attached hydrogens (tertiary/aromatic N) is 2. The van der Waals surface area contributed by atoms with Gasteiger partial charge in [0.15, 0.2) is 0 Å². The maximum absolute atomic E-state index is 13.8. The Bertz CT molecular complexity index is 1390. The summed E-state index contributed by atoms with van der Waals surface area (Å²) in [5.41, 5.74) is 5.56. The zero-order valence-corrected chi connectivity index (χ0v) is 20.9. The quantitative estimate of drug-likeness (QED) is 0.347. The zero-order valence-electron chi connectivity index (χ0n) is 20.9. The van der Waals surface area contributed by atoms with E-state index < -0.39 is 0 Å². The fourth-order valence-electron chi connectivity index (χ4n) is 4.76. The maximum Gasteiger partial charge on any atom is 0.322 e. The van der Waals surface area contributed by atoms with Crippen LogP contribution in [0.5, 0.6) is 5.75 Å². The number of amides is 2. The monoisotopic (exact) mass is 495 g/mol. The molecular weight excluding hydrogens is 466 g/mol. The second-order valence-corrected chi connectivity index (χ2v) is 8.84. The molecule has 37 heavy (non-hydrogen) atoms. The molecule has 0 bridgehead atoms. The Morgan fingerprint density at radius 1 is 0.946 bits per heavy atom. The molecule has 0 spiro atoms. The van der Waals surface area contributed by atoms with E-state index in [0.717, 1.165) is 33.8 Å².